The number of nitrogens with one attached hydrogen (secondary N) is 3. The zero-order valence-corrected chi connectivity index (χ0v) is 11.0. The summed E-state index contributed by atoms with van der Waals surface area (Å²) in [7, 11) is 0.00175. The molecule has 0 bridgehead atoms. The van der Waals surface area contributed by atoms with Gasteiger partial charge in [-0.2, -0.15) is 0 Å². The number of carbonyl (C=O) groups excluding carboxylic acids is 1. The summed E-state index contributed by atoms with van der Waals surface area (Å²) in [6.07, 6.45) is 0.638. The minimum absolute atomic E-state index is 0.221. The molecule has 0 spiro atoms. The van der Waals surface area contributed by atoms with Crippen LogP contribution in [-0.2, 0) is 10.0 Å². The van der Waals surface area contributed by atoms with Gasteiger partial charge >= 0.3 is 6.03 Å². The Hall–Kier alpha value is -0.860. The first-order valence-electron chi connectivity index (χ1n) is 5.58. The van der Waals surface area contributed by atoms with E-state index < -0.39 is 10.0 Å². The van der Waals surface area contributed by atoms with Gasteiger partial charge in [0.2, 0.25) is 10.0 Å². The highest BCUT2D eigenvalue weighted by atomic mass is 32.2. The molecule has 1 atom stereocenters. The summed E-state index contributed by atoms with van der Waals surface area (Å²) in [6.45, 7) is 1.75. The fourth-order valence-corrected chi connectivity index (χ4v) is 2.92. The third-order valence-corrected chi connectivity index (χ3v) is 4.45. The van der Waals surface area contributed by atoms with E-state index in [-0.39, 0.29) is 24.4 Å². The van der Waals surface area contributed by atoms with Crippen LogP contribution in [0.2, 0.25) is 0 Å². The first kappa shape index (κ1) is 14.2. The molecule has 0 aromatic rings. The Kier molecular flexibility index (Phi) is 5.16. The van der Waals surface area contributed by atoms with Crippen molar-refractivity contribution in [2.24, 2.45) is 0 Å². The van der Waals surface area contributed by atoms with Crippen molar-refractivity contribution < 1.29 is 13.2 Å². The first-order chi connectivity index (χ1) is 7.93. The lowest BCUT2D eigenvalue weighted by Crippen LogP contribution is -2.42. The second-order valence-corrected chi connectivity index (χ2v) is 6.23. The van der Waals surface area contributed by atoms with Crippen LogP contribution in [0.15, 0.2) is 0 Å². The molecular formula is C9H20N4O3S. The standard InChI is InChI=1S/C9H20N4O3S/c1-13(2)9(14)11-5-6-12-17(15,16)8-3-4-10-7-8/h8,10,12H,3-7H2,1-2H3,(H,11,14). The molecule has 1 unspecified atom stereocenters. The summed E-state index contributed by atoms with van der Waals surface area (Å²) in [6, 6.07) is -0.230. The maximum atomic E-state index is 11.7. The molecule has 17 heavy (non-hydrogen) atoms. The van der Waals surface area contributed by atoms with Crippen molar-refractivity contribution >= 4 is 16.1 Å². The summed E-state index contributed by atoms with van der Waals surface area (Å²) in [4.78, 5) is 12.5. The number of sulfonamides is 1. The Morgan fingerprint density at radius 3 is 2.65 bits per heavy atom. The summed E-state index contributed by atoms with van der Waals surface area (Å²) in [5.74, 6) is 0. The van der Waals surface area contributed by atoms with Gasteiger partial charge in [-0.25, -0.2) is 17.9 Å². The summed E-state index contributed by atoms with van der Waals surface area (Å²) in [5, 5.41) is 5.24. The first-order valence-corrected chi connectivity index (χ1v) is 7.12. The van der Waals surface area contributed by atoms with Crippen LogP contribution in [-0.4, -0.2) is 64.9 Å². The second kappa shape index (κ2) is 6.18. The maximum absolute atomic E-state index is 11.7. The topological polar surface area (TPSA) is 90.5 Å². The van der Waals surface area contributed by atoms with E-state index in [2.05, 4.69) is 15.4 Å². The smallest absolute Gasteiger partial charge is 0.316 e. The van der Waals surface area contributed by atoms with E-state index in [4.69, 9.17) is 0 Å². The summed E-state index contributed by atoms with van der Waals surface area (Å²) in [5.41, 5.74) is 0. The molecule has 1 fully saturated rings. The molecule has 0 saturated carbocycles. The van der Waals surface area contributed by atoms with Crippen molar-refractivity contribution in [3.8, 4) is 0 Å². The molecule has 7 nitrogen and oxygen atoms in total. The van der Waals surface area contributed by atoms with Crippen LogP contribution in [0.25, 0.3) is 0 Å². The van der Waals surface area contributed by atoms with E-state index in [0.29, 0.717) is 13.0 Å². The minimum Gasteiger partial charge on any atom is -0.337 e. The number of rotatable bonds is 5. The number of urea groups is 1. The van der Waals surface area contributed by atoms with Gasteiger partial charge in [0.05, 0.1) is 5.25 Å². The fourth-order valence-electron chi connectivity index (χ4n) is 1.53. The maximum Gasteiger partial charge on any atom is 0.316 e. The van der Waals surface area contributed by atoms with Gasteiger partial charge in [-0.05, 0) is 13.0 Å². The van der Waals surface area contributed by atoms with Crippen molar-refractivity contribution in [3.05, 3.63) is 0 Å². The normalized spacial score (nSPS) is 20.2. The zero-order chi connectivity index (χ0) is 12.9. The Morgan fingerprint density at radius 1 is 1.41 bits per heavy atom. The van der Waals surface area contributed by atoms with Gasteiger partial charge in [-0.3, -0.25) is 0 Å². The lowest BCUT2D eigenvalue weighted by Gasteiger charge is -2.14. The quantitative estimate of drug-likeness (QED) is 0.529. The molecule has 0 aliphatic carbocycles. The van der Waals surface area contributed by atoms with E-state index in [1.165, 1.54) is 4.90 Å². The van der Waals surface area contributed by atoms with Crippen molar-refractivity contribution in [1.29, 1.82) is 0 Å². The highest BCUT2D eigenvalue weighted by Crippen LogP contribution is 2.07. The Bertz CT molecular complexity index is 349. The molecule has 0 aromatic heterocycles. The van der Waals surface area contributed by atoms with Crippen LogP contribution in [0.1, 0.15) is 6.42 Å². The average Bonchev–Trinajstić information content (AvgIpc) is 2.77. The molecule has 0 radical (unpaired) electrons. The molecule has 100 valence electrons. The van der Waals surface area contributed by atoms with E-state index in [1.54, 1.807) is 14.1 Å². The third-order valence-electron chi connectivity index (χ3n) is 2.56. The number of nitrogens with zero attached hydrogens (tertiary/aromatic N) is 1. The molecule has 1 aliphatic heterocycles. The minimum atomic E-state index is -3.26. The molecule has 2 amide bonds. The van der Waals surface area contributed by atoms with Gasteiger partial charge in [0, 0.05) is 33.7 Å². The van der Waals surface area contributed by atoms with Gasteiger partial charge in [-0.15, -0.1) is 0 Å². The predicted molar refractivity (Wildman–Crippen MR) is 65.3 cm³/mol. The number of hydrogen-bond acceptors (Lipinski definition) is 4. The van der Waals surface area contributed by atoms with Crippen molar-refractivity contribution in [2.75, 3.05) is 40.3 Å². The average molecular weight is 264 g/mol. The molecule has 1 rings (SSSR count). The van der Waals surface area contributed by atoms with Crippen molar-refractivity contribution in [2.45, 2.75) is 11.7 Å². The molecular weight excluding hydrogens is 244 g/mol. The van der Waals surface area contributed by atoms with Gasteiger partial charge in [0.1, 0.15) is 0 Å². The third kappa shape index (κ3) is 4.49. The number of hydrogen-bond donors (Lipinski definition) is 3. The van der Waals surface area contributed by atoms with Crippen molar-refractivity contribution in [3.63, 3.8) is 0 Å². The predicted octanol–water partition coefficient (Wildman–Crippen LogP) is -1.46. The van der Waals surface area contributed by atoms with Gasteiger partial charge < -0.3 is 15.5 Å². The lowest BCUT2D eigenvalue weighted by atomic mass is 10.4. The highest BCUT2D eigenvalue weighted by Gasteiger charge is 2.27. The zero-order valence-electron chi connectivity index (χ0n) is 10.2. The van der Waals surface area contributed by atoms with Crippen LogP contribution < -0.4 is 15.4 Å². The van der Waals surface area contributed by atoms with Gasteiger partial charge in [0.15, 0.2) is 0 Å². The van der Waals surface area contributed by atoms with Gasteiger partial charge in [-0.1, -0.05) is 0 Å². The summed E-state index contributed by atoms with van der Waals surface area (Å²) >= 11 is 0. The van der Waals surface area contributed by atoms with Crippen LogP contribution in [0.5, 0.6) is 0 Å². The van der Waals surface area contributed by atoms with Crippen LogP contribution in [0.4, 0.5) is 4.79 Å². The van der Waals surface area contributed by atoms with E-state index in [1.807, 2.05) is 0 Å². The molecule has 1 heterocycles. The molecule has 1 aliphatic rings. The SMILES string of the molecule is CN(C)C(=O)NCCNS(=O)(=O)C1CCNC1. The molecule has 8 heteroatoms. The number of amides is 2. The van der Waals surface area contributed by atoms with Crippen molar-refractivity contribution in [1.82, 2.24) is 20.3 Å². The van der Waals surface area contributed by atoms with E-state index in [0.717, 1.165) is 6.54 Å². The van der Waals surface area contributed by atoms with E-state index >= 15 is 0 Å². The van der Waals surface area contributed by atoms with E-state index in [9.17, 15) is 13.2 Å². The second-order valence-electron chi connectivity index (χ2n) is 4.18. The largest absolute Gasteiger partial charge is 0.337 e. The van der Waals surface area contributed by atoms with Crippen LogP contribution in [0, 0.1) is 0 Å². The monoisotopic (exact) mass is 264 g/mol. The fraction of sp³-hybridized carbons (Fsp3) is 0.889. The Morgan fingerprint density at radius 2 is 2.12 bits per heavy atom. The van der Waals surface area contributed by atoms with Crippen LogP contribution >= 0.6 is 0 Å². The molecule has 1 saturated heterocycles. The van der Waals surface area contributed by atoms with Crippen LogP contribution in [0.3, 0.4) is 0 Å². The molecule has 0 aromatic carbocycles. The summed E-state index contributed by atoms with van der Waals surface area (Å²) < 4.78 is 26.0. The van der Waals surface area contributed by atoms with Gasteiger partial charge in [0.25, 0.3) is 0 Å². The number of carbonyl (C=O) groups is 1. The Labute approximate surface area is 102 Å². The lowest BCUT2D eigenvalue weighted by molar-refractivity contribution is 0.217. The molecule has 3 N–H and O–H groups in total. The Balaban J connectivity index is 2.24. The highest BCUT2D eigenvalue weighted by molar-refractivity contribution is 7.90.